The molecule has 0 aromatic carbocycles. The molecule has 0 aliphatic heterocycles. The molecule has 24 heavy (non-hydrogen) atoms. The average Bonchev–Trinajstić information content (AvgIpc) is 2.78. The van der Waals surface area contributed by atoms with Crippen LogP contribution in [0.5, 0.6) is 0 Å². The topological polar surface area (TPSA) is 0 Å². The Morgan fingerprint density at radius 2 is 0.833 bits per heavy atom. The molecule has 2 aliphatic rings. The van der Waals surface area contributed by atoms with Gasteiger partial charge in [0.05, 0.1) is 0 Å². The third-order valence-electron chi connectivity index (χ3n) is 4.47. The van der Waals surface area contributed by atoms with E-state index in [-0.39, 0.29) is 29.7 Å². The molecule has 2 atom stereocenters. The molecule has 2 heteroatoms. The Hall–Kier alpha value is -0.109. The molecule has 0 heterocycles. The summed E-state index contributed by atoms with van der Waals surface area (Å²) in [7, 11) is 1.86. The van der Waals surface area contributed by atoms with Gasteiger partial charge in [-0.1, -0.05) is 53.4 Å². The second-order valence-corrected chi connectivity index (χ2v) is 5.60. The standard InChI is InChI=1S/2C9H13.4CH3.H2Si.Ti/c2*1-6-5-7(2)9(4)8(6)3;;;;;;/h2*6H,1-4H3;4*1H3;1H2;/q6*-1;;. The van der Waals surface area contributed by atoms with Crippen LogP contribution in [-0.2, 0) is 19.2 Å². The van der Waals surface area contributed by atoms with Crippen LogP contribution in [0.2, 0.25) is 0 Å². The molecule has 2 rings (SSSR count). The van der Waals surface area contributed by atoms with Crippen LogP contribution in [0, 0.1) is 53.7 Å². The van der Waals surface area contributed by atoms with Gasteiger partial charge in [-0.15, -0.1) is 13.8 Å². The van der Waals surface area contributed by atoms with Crippen molar-refractivity contribution in [1.29, 1.82) is 0 Å². The fourth-order valence-electron chi connectivity index (χ4n) is 2.32. The molecule has 0 nitrogen and oxygen atoms in total. The quantitative estimate of drug-likeness (QED) is 0.340. The summed E-state index contributed by atoms with van der Waals surface area (Å²) in [6.07, 6.45) is 6.72. The van der Waals surface area contributed by atoms with Crippen molar-refractivity contribution in [3.05, 3.63) is 75.3 Å². The third-order valence-corrected chi connectivity index (χ3v) is 4.47. The SMILES string of the molecule is CC1=[C-]C(C)C(C)=C1C.CC1=[C-]C(C)C(C)=C1C.[CH3-].[CH3-].[CH3-].[CH3-].[SiH2]=[Ti]. The van der Waals surface area contributed by atoms with Gasteiger partial charge in [0.2, 0.25) is 0 Å². The van der Waals surface area contributed by atoms with Crippen molar-refractivity contribution >= 4 is 7.63 Å². The Morgan fingerprint density at radius 1 is 0.625 bits per heavy atom. The number of hydrogen-bond acceptors (Lipinski definition) is 0. The van der Waals surface area contributed by atoms with Gasteiger partial charge in [-0.25, -0.2) is 11.1 Å². The molecule has 0 aromatic heterocycles. The van der Waals surface area contributed by atoms with Gasteiger partial charge in [-0.05, 0) is 0 Å². The predicted molar refractivity (Wildman–Crippen MR) is 114 cm³/mol. The van der Waals surface area contributed by atoms with E-state index in [9.17, 15) is 0 Å². The molecule has 2 unspecified atom stereocenters. The van der Waals surface area contributed by atoms with E-state index in [2.05, 4.69) is 67.5 Å². The van der Waals surface area contributed by atoms with E-state index in [4.69, 9.17) is 0 Å². The first-order valence-electron chi connectivity index (χ1n) is 7.16. The van der Waals surface area contributed by atoms with Crippen LogP contribution in [-0.4, -0.2) is 7.63 Å². The summed E-state index contributed by atoms with van der Waals surface area (Å²) in [5.74, 6) is 1.12. The van der Waals surface area contributed by atoms with Crippen molar-refractivity contribution in [2.24, 2.45) is 11.8 Å². The van der Waals surface area contributed by atoms with Crippen molar-refractivity contribution in [3.8, 4) is 0 Å². The Kier molecular flexibility index (Phi) is 23.9. The maximum atomic E-state index is 3.36. The van der Waals surface area contributed by atoms with Crippen molar-refractivity contribution < 1.29 is 19.2 Å². The van der Waals surface area contributed by atoms with Gasteiger partial charge >= 0.3 is 26.8 Å². The minimum atomic E-state index is 0. The van der Waals surface area contributed by atoms with Crippen molar-refractivity contribution in [2.75, 3.05) is 0 Å². The molecule has 0 aromatic rings. The molecule has 0 N–H and O–H groups in total. The second kappa shape index (κ2) is 16.4. The van der Waals surface area contributed by atoms with Gasteiger partial charge in [-0.2, -0.15) is 22.3 Å². The van der Waals surface area contributed by atoms with Gasteiger partial charge < -0.3 is 29.7 Å². The molecule has 142 valence electrons. The van der Waals surface area contributed by atoms with Crippen LogP contribution >= 0.6 is 0 Å². The first kappa shape index (κ1) is 35.1. The molecular formula is C22H40SiTi-6. The fourth-order valence-corrected chi connectivity index (χ4v) is 2.32. The summed E-state index contributed by atoms with van der Waals surface area (Å²) in [5, 5.41) is 0. The minimum absolute atomic E-state index is 0. The van der Waals surface area contributed by atoms with E-state index in [1.807, 2.05) is 26.8 Å². The van der Waals surface area contributed by atoms with E-state index >= 15 is 0 Å². The monoisotopic (exact) mass is 380 g/mol. The van der Waals surface area contributed by atoms with Gasteiger partial charge in [0.25, 0.3) is 0 Å². The number of allylic oxidation sites excluding steroid dienone is 8. The van der Waals surface area contributed by atoms with Crippen LogP contribution in [0.25, 0.3) is 0 Å². The molecule has 0 fully saturated rings. The molecule has 0 bridgehead atoms. The molecule has 0 saturated heterocycles. The van der Waals surface area contributed by atoms with Gasteiger partial charge in [0, 0.05) is 0 Å². The Balaban J connectivity index is -0.0000000789. The van der Waals surface area contributed by atoms with Gasteiger partial charge in [-0.3, -0.25) is 12.2 Å². The molecule has 0 radical (unpaired) electrons. The predicted octanol–water partition coefficient (Wildman–Crippen LogP) is 6.33. The molecule has 2 aliphatic carbocycles. The van der Waals surface area contributed by atoms with Crippen LogP contribution in [0.4, 0.5) is 0 Å². The van der Waals surface area contributed by atoms with Crippen molar-refractivity contribution in [2.45, 2.75) is 55.4 Å². The summed E-state index contributed by atoms with van der Waals surface area (Å²) in [4.78, 5) is 0. The zero-order valence-electron chi connectivity index (χ0n) is 18.4. The zero-order chi connectivity index (χ0) is 16.0. The van der Waals surface area contributed by atoms with Gasteiger partial charge in [0.15, 0.2) is 0 Å². The fraction of sp³-hybridized carbons (Fsp3) is 0.455. The summed E-state index contributed by atoms with van der Waals surface area (Å²) < 4.78 is 0. The van der Waals surface area contributed by atoms with Crippen LogP contribution in [0.15, 0.2) is 33.4 Å². The third kappa shape index (κ3) is 9.39. The first-order valence-corrected chi connectivity index (χ1v) is 11.2. The first-order chi connectivity index (χ1) is 9.25. The second-order valence-electron chi connectivity index (χ2n) is 5.60. The van der Waals surface area contributed by atoms with E-state index in [1.54, 1.807) is 0 Å². The molecule has 0 spiro atoms. The van der Waals surface area contributed by atoms with Gasteiger partial charge in [0.1, 0.15) is 0 Å². The van der Waals surface area contributed by atoms with Crippen LogP contribution in [0.3, 0.4) is 0 Å². The molecular weight excluding hydrogens is 340 g/mol. The Morgan fingerprint density at radius 3 is 0.875 bits per heavy atom. The maximum absolute atomic E-state index is 3.36. The number of rotatable bonds is 0. The molecule has 0 amide bonds. The van der Waals surface area contributed by atoms with E-state index < -0.39 is 0 Å². The van der Waals surface area contributed by atoms with E-state index in [0.717, 1.165) is 0 Å². The Labute approximate surface area is 169 Å². The van der Waals surface area contributed by atoms with Crippen molar-refractivity contribution in [1.82, 2.24) is 0 Å². The van der Waals surface area contributed by atoms with E-state index in [1.165, 1.54) is 33.4 Å². The molecule has 0 saturated carbocycles. The van der Waals surface area contributed by atoms with Crippen LogP contribution < -0.4 is 0 Å². The average molecular weight is 381 g/mol. The van der Waals surface area contributed by atoms with Crippen LogP contribution in [0.1, 0.15) is 55.4 Å². The van der Waals surface area contributed by atoms with Crippen molar-refractivity contribution in [3.63, 3.8) is 0 Å². The summed E-state index contributed by atoms with van der Waals surface area (Å²) >= 11 is 2.03. The Bertz CT molecular complexity index is 434. The number of hydrogen-bond donors (Lipinski definition) is 0. The summed E-state index contributed by atoms with van der Waals surface area (Å²) in [5.41, 5.74) is 8.49. The summed E-state index contributed by atoms with van der Waals surface area (Å²) in [6.45, 7) is 17.3. The van der Waals surface area contributed by atoms with E-state index in [0.29, 0.717) is 11.8 Å². The zero-order valence-corrected chi connectivity index (χ0v) is 21.3. The summed E-state index contributed by atoms with van der Waals surface area (Å²) in [6, 6.07) is 0. The normalized spacial score (nSPS) is 20.5.